The molecule has 0 saturated carbocycles. The van der Waals surface area contributed by atoms with Crippen molar-refractivity contribution in [3.63, 3.8) is 0 Å². The predicted octanol–water partition coefficient (Wildman–Crippen LogP) is 2.30. The summed E-state index contributed by atoms with van der Waals surface area (Å²) in [7, 11) is 2.10. The van der Waals surface area contributed by atoms with E-state index >= 15 is 0 Å². The van der Waals surface area contributed by atoms with Crippen LogP contribution in [0.1, 0.15) is 24.5 Å². The fourth-order valence-corrected chi connectivity index (χ4v) is 4.20. The van der Waals surface area contributed by atoms with E-state index < -0.39 is 0 Å². The molecule has 154 valence electrons. The first-order valence-electron chi connectivity index (χ1n) is 10.0. The molecule has 0 radical (unpaired) electrons. The molecule has 2 aromatic rings. The first-order valence-corrected chi connectivity index (χ1v) is 10.0. The van der Waals surface area contributed by atoms with Crippen molar-refractivity contribution in [3.05, 3.63) is 54.3 Å². The number of H-pyrrole nitrogens is 1. The zero-order valence-corrected chi connectivity index (χ0v) is 17.0. The van der Waals surface area contributed by atoms with Crippen LogP contribution in [0.2, 0.25) is 0 Å². The molecule has 6 nitrogen and oxygen atoms in total. The highest BCUT2D eigenvalue weighted by molar-refractivity contribution is 5.99. The van der Waals surface area contributed by atoms with Gasteiger partial charge >= 0.3 is 0 Å². The van der Waals surface area contributed by atoms with Crippen LogP contribution in [0.3, 0.4) is 0 Å². The lowest BCUT2D eigenvalue weighted by Crippen LogP contribution is -2.48. The van der Waals surface area contributed by atoms with Crippen LogP contribution in [-0.4, -0.2) is 59.5 Å². The molecule has 3 N–H and O–H groups in total. The fraction of sp³-hybridized carbons (Fsp3) is 0.391. The van der Waals surface area contributed by atoms with Crippen molar-refractivity contribution in [1.82, 2.24) is 15.2 Å². The van der Waals surface area contributed by atoms with E-state index in [4.69, 9.17) is 4.79 Å². The molecule has 1 aromatic heterocycles. The maximum absolute atomic E-state index is 12.7. The normalized spacial score (nSPS) is 21.3. The first kappa shape index (κ1) is 21.0. The summed E-state index contributed by atoms with van der Waals surface area (Å²) in [5.41, 5.74) is 5.01. The van der Waals surface area contributed by atoms with Gasteiger partial charge in [-0.2, -0.15) is 0 Å². The van der Waals surface area contributed by atoms with Crippen molar-refractivity contribution in [2.45, 2.75) is 31.8 Å². The van der Waals surface area contributed by atoms with Crippen LogP contribution in [0.15, 0.2) is 43.1 Å². The zero-order valence-electron chi connectivity index (χ0n) is 17.0. The molecule has 29 heavy (non-hydrogen) atoms. The number of aldehydes is 1. The Morgan fingerprint density at radius 2 is 2.24 bits per heavy atom. The summed E-state index contributed by atoms with van der Waals surface area (Å²) in [6.45, 7) is 5.77. The summed E-state index contributed by atoms with van der Waals surface area (Å²) in [4.78, 5) is 27.4. The maximum atomic E-state index is 12.7. The van der Waals surface area contributed by atoms with Crippen LogP contribution in [0.25, 0.3) is 16.5 Å². The number of allylic oxidation sites excluding steroid dienone is 1. The number of carbonyl (C=O) groups excluding carboxylic acids is 2. The van der Waals surface area contributed by atoms with E-state index in [9.17, 15) is 9.90 Å². The summed E-state index contributed by atoms with van der Waals surface area (Å²) in [5.74, 6) is -0.182. The lowest BCUT2D eigenvalue weighted by Gasteiger charge is -2.39. The highest BCUT2D eigenvalue weighted by atomic mass is 16.3. The molecule has 6 heteroatoms. The lowest BCUT2D eigenvalue weighted by molar-refractivity contribution is -0.125. The number of carbonyl (C=O) groups is 2. The van der Waals surface area contributed by atoms with Crippen LogP contribution in [-0.2, 0) is 16.0 Å². The standard InChI is InChI=1S/C20H25N3O2.C3H4O/c1-3-14(11-24)22-20(25)13-7-16-15-5-4-6-17-19(15)12(9-21-17)8-18(16)23(2)10-13;1-2-3-4/h4-7,9,13-14,18,21,24H,3,8,10-11H2,1-2H3,(H,22,25);2-3H,1H2/t13-,14-,18-;/m1./s1. The van der Waals surface area contributed by atoms with Crippen LogP contribution in [0.5, 0.6) is 0 Å². The molecule has 0 fully saturated rings. The van der Waals surface area contributed by atoms with Gasteiger partial charge < -0.3 is 15.4 Å². The number of aromatic nitrogens is 1. The summed E-state index contributed by atoms with van der Waals surface area (Å²) >= 11 is 0. The van der Waals surface area contributed by atoms with Crippen molar-refractivity contribution in [1.29, 1.82) is 0 Å². The number of nitrogens with zero attached hydrogens (tertiary/aromatic N) is 1. The van der Waals surface area contributed by atoms with Gasteiger partial charge in [-0.25, -0.2) is 0 Å². The van der Waals surface area contributed by atoms with E-state index in [0.29, 0.717) is 18.9 Å². The van der Waals surface area contributed by atoms with Gasteiger partial charge in [-0.1, -0.05) is 31.7 Å². The summed E-state index contributed by atoms with van der Waals surface area (Å²) in [5, 5.41) is 13.6. The van der Waals surface area contributed by atoms with Crippen LogP contribution < -0.4 is 5.32 Å². The van der Waals surface area contributed by atoms with Crippen LogP contribution >= 0.6 is 0 Å². The molecule has 2 heterocycles. The van der Waals surface area contributed by atoms with Crippen LogP contribution in [0, 0.1) is 5.92 Å². The van der Waals surface area contributed by atoms with Gasteiger partial charge in [0.05, 0.1) is 18.6 Å². The molecule has 4 rings (SSSR count). The Morgan fingerprint density at radius 1 is 1.48 bits per heavy atom. The number of hydrogen-bond donors (Lipinski definition) is 3. The Labute approximate surface area is 171 Å². The van der Waals surface area contributed by atoms with Crippen molar-refractivity contribution in [2.24, 2.45) is 5.92 Å². The Morgan fingerprint density at radius 3 is 2.90 bits per heavy atom. The molecule has 1 aliphatic heterocycles. The van der Waals surface area contributed by atoms with Crippen LogP contribution in [0.4, 0.5) is 0 Å². The van der Waals surface area contributed by atoms with Gasteiger partial charge in [-0.3, -0.25) is 14.5 Å². The third-order valence-corrected chi connectivity index (χ3v) is 5.76. The maximum Gasteiger partial charge on any atom is 0.228 e. The number of likely N-dealkylation sites (N-methyl/N-ethyl adjacent to an activating group) is 1. The molecule has 0 unspecified atom stereocenters. The number of nitrogens with one attached hydrogen (secondary N) is 2. The molecule has 3 atom stereocenters. The average Bonchev–Trinajstić information content (AvgIpc) is 3.17. The molecule has 1 amide bonds. The largest absolute Gasteiger partial charge is 0.394 e. The second-order valence-electron chi connectivity index (χ2n) is 7.60. The van der Waals surface area contributed by atoms with Gasteiger partial charge in [-0.15, -0.1) is 0 Å². The average molecular weight is 396 g/mol. The monoisotopic (exact) mass is 395 g/mol. The van der Waals surface area contributed by atoms with Gasteiger partial charge in [0.1, 0.15) is 6.29 Å². The van der Waals surface area contributed by atoms with Gasteiger partial charge in [0, 0.05) is 29.7 Å². The number of hydrogen-bond acceptors (Lipinski definition) is 4. The van der Waals surface area contributed by atoms with Crippen molar-refractivity contribution in [3.8, 4) is 0 Å². The van der Waals surface area contributed by atoms with E-state index in [2.05, 4.69) is 59.3 Å². The van der Waals surface area contributed by atoms with E-state index in [1.165, 1.54) is 28.2 Å². The number of aliphatic hydroxyl groups is 1. The quantitative estimate of drug-likeness (QED) is 0.536. The van der Waals surface area contributed by atoms with Crippen molar-refractivity contribution >= 4 is 28.7 Å². The zero-order chi connectivity index (χ0) is 21.0. The molecule has 1 aromatic carbocycles. The second-order valence-corrected chi connectivity index (χ2v) is 7.60. The molecule has 2 aliphatic rings. The Hall–Kier alpha value is -2.70. The Kier molecular flexibility index (Phi) is 6.67. The van der Waals surface area contributed by atoms with Gasteiger partial charge in [0.2, 0.25) is 5.91 Å². The lowest BCUT2D eigenvalue weighted by atomic mass is 9.80. The number of benzene rings is 1. The molecular weight excluding hydrogens is 366 g/mol. The highest BCUT2D eigenvalue weighted by Crippen LogP contribution is 2.40. The number of rotatable bonds is 5. The molecule has 0 saturated heterocycles. The SMILES string of the molecule is C=CC=O.CC[C@H](CO)NC(=O)[C@@H]1C=C2c3cccc4[nH]cc(c34)C[C@H]2N(C)C1. The number of aliphatic hydroxyl groups excluding tert-OH is 1. The Bertz CT molecular complexity index is 921. The van der Waals surface area contributed by atoms with Gasteiger partial charge in [-0.05, 0) is 48.7 Å². The Balaban J connectivity index is 0.000000552. The third kappa shape index (κ3) is 4.18. The van der Waals surface area contributed by atoms with E-state index in [1.54, 1.807) is 0 Å². The van der Waals surface area contributed by atoms with Crippen molar-refractivity contribution in [2.75, 3.05) is 20.2 Å². The van der Waals surface area contributed by atoms with E-state index in [-0.39, 0.29) is 24.5 Å². The number of amides is 1. The highest BCUT2D eigenvalue weighted by Gasteiger charge is 2.35. The minimum atomic E-state index is -0.187. The second kappa shape index (κ2) is 9.20. The minimum Gasteiger partial charge on any atom is -0.394 e. The number of aromatic amines is 1. The number of fused-ring (bicyclic) bond motifs is 2. The smallest absolute Gasteiger partial charge is 0.228 e. The fourth-order valence-electron chi connectivity index (χ4n) is 4.20. The van der Waals surface area contributed by atoms with Gasteiger partial charge in [0.25, 0.3) is 0 Å². The first-order chi connectivity index (χ1) is 14.0. The summed E-state index contributed by atoms with van der Waals surface area (Å²) in [6, 6.07) is 6.49. The van der Waals surface area contributed by atoms with E-state index in [0.717, 1.165) is 18.4 Å². The topological polar surface area (TPSA) is 85.4 Å². The molecular formula is C23H29N3O3. The van der Waals surface area contributed by atoms with Crippen molar-refractivity contribution < 1.29 is 14.7 Å². The molecule has 0 spiro atoms. The minimum absolute atomic E-state index is 0.00532. The van der Waals surface area contributed by atoms with Gasteiger partial charge in [0.15, 0.2) is 0 Å². The third-order valence-electron chi connectivity index (χ3n) is 5.76. The predicted molar refractivity (Wildman–Crippen MR) is 115 cm³/mol. The summed E-state index contributed by atoms with van der Waals surface area (Å²) in [6.07, 6.45) is 7.80. The molecule has 0 bridgehead atoms. The summed E-state index contributed by atoms with van der Waals surface area (Å²) < 4.78 is 0. The molecule has 1 aliphatic carbocycles. The van der Waals surface area contributed by atoms with E-state index in [1.807, 2.05) is 6.92 Å².